The predicted molar refractivity (Wildman–Crippen MR) is 121 cm³/mol. The quantitative estimate of drug-likeness (QED) is 0.316. The summed E-state index contributed by atoms with van der Waals surface area (Å²) in [6.45, 7) is 1.47. The maximum absolute atomic E-state index is 13.0. The Labute approximate surface area is 194 Å². The Hall–Kier alpha value is -4.59. The number of carbonyl (C=O) groups excluding carboxylic acids is 5. The summed E-state index contributed by atoms with van der Waals surface area (Å²) in [4.78, 5) is 63.5. The van der Waals surface area contributed by atoms with E-state index in [1.54, 1.807) is 30.3 Å². The summed E-state index contributed by atoms with van der Waals surface area (Å²) in [5, 5.41) is 0. The van der Waals surface area contributed by atoms with Crippen LogP contribution in [0.15, 0.2) is 72.8 Å². The number of rotatable bonds is 6. The van der Waals surface area contributed by atoms with E-state index >= 15 is 0 Å². The maximum atomic E-state index is 13.0. The Morgan fingerprint density at radius 2 is 1.35 bits per heavy atom. The summed E-state index contributed by atoms with van der Waals surface area (Å²) >= 11 is 0. The van der Waals surface area contributed by atoms with Crippen LogP contribution >= 0.6 is 0 Å². The van der Waals surface area contributed by atoms with E-state index in [-0.39, 0.29) is 33.7 Å². The minimum atomic E-state index is -1.04. The molecule has 0 aliphatic carbocycles. The number of hydrogen-bond donors (Lipinski definition) is 0. The molecule has 0 saturated heterocycles. The van der Waals surface area contributed by atoms with E-state index < -0.39 is 29.9 Å². The van der Waals surface area contributed by atoms with Crippen molar-refractivity contribution in [1.29, 1.82) is 0 Å². The number of ketones is 1. The fourth-order valence-corrected chi connectivity index (χ4v) is 3.59. The average Bonchev–Trinajstić information content (AvgIpc) is 3.12. The first-order valence-corrected chi connectivity index (χ1v) is 10.3. The summed E-state index contributed by atoms with van der Waals surface area (Å²) < 4.78 is 9.94. The van der Waals surface area contributed by atoms with E-state index in [4.69, 9.17) is 4.74 Å². The molecule has 2 amide bonds. The van der Waals surface area contributed by atoms with E-state index in [0.717, 1.165) is 4.90 Å². The highest BCUT2D eigenvalue weighted by atomic mass is 16.5. The first-order chi connectivity index (χ1) is 16.3. The molecule has 0 aromatic heterocycles. The zero-order valence-electron chi connectivity index (χ0n) is 18.3. The van der Waals surface area contributed by atoms with Crippen molar-refractivity contribution in [3.63, 3.8) is 0 Å². The number of ether oxygens (including phenoxy) is 2. The zero-order chi connectivity index (χ0) is 24.4. The topological polar surface area (TPSA) is 107 Å². The molecule has 0 saturated carbocycles. The molecular weight excluding hydrogens is 438 g/mol. The number of nitrogens with zero attached hydrogens (tertiary/aromatic N) is 1. The van der Waals surface area contributed by atoms with Crippen molar-refractivity contribution in [2.75, 3.05) is 12.0 Å². The Bertz CT molecular complexity index is 1310. The van der Waals surface area contributed by atoms with Gasteiger partial charge in [0.15, 0.2) is 6.10 Å². The predicted octanol–water partition coefficient (Wildman–Crippen LogP) is 3.70. The lowest BCUT2D eigenvalue weighted by molar-refractivity contribution is 0.0318. The molecule has 4 rings (SSSR count). The van der Waals surface area contributed by atoms with Crippen LogP contribution in [0.25, 0.3) is 0 Å². The van der Waals surface area contributed by atoms with Gasteiger partial charge < -0.3 is 9.47 Å². The molecule has 3 aromatic rings. The number of imide groups is 1. The second-order valence-corrected chi connectivity index (χ2v) is 7.52. The van der Waals surface area contributed by atoms with E-state index in [1.165, 1.54) is 56.5 Å². The fraction of sp³-hybridized carbons (Fsp3) is 0.115. The molecular formula is C26H19NO7. The molecule has 1 heterocycles. The third kappa shape index (κ3) is 4.09. The van der Waals surface area contributed by atoms with Crippen LogP contribution in [0.4, 0.5) is 5.69 Å². The number of hydrogen-bond acceptors (Lipinski definition) is 7. The summed E-state index contributed by atoms with van der Waals surface area (Å²) in [7, 11) is 1.25. The van der Waals surface area contributed by atoms with Crippen LogP contribution in [0.2, 0.25) is 0 Å². The number of carbonyl (C=O) groups is 5. The summed E-state index contributed by atoms with van der Waals surface area (Å²) in [6.07, 6.45) is -1.04. The van der Waals surface area contributed by atoms with Crippen LogP contribution < -0.4 is 4.90 Å². The van der Waals surface area contributed by atoms with Crippen LogP contribution in [-0.4, -0.2) is 42.7 Å². The SMILES string of the molecule is COC(=O)c1ccc(N2C(=O)c3ccc(C(=O)O[C@@H](C)C(=O)c4ccccc4)cc3C2=O)cc1. The Kier molecular flexibility index (Phi) is 6.05. The van der Waals surface area contributed by atoms with E-state index in [9.17, 15) is 24.0 Å². The molecule has 0 fully saturated rings. The van der Waals surface area contributed by atoms with Gasteiger partial charge in [0, 0.05) is 5.56 Å². The standard InChI is InChI=1S/C26H19NO7/c1-15(22(28)16-6-4-3-5-7-16)34-26(32)18-10-13-20-21(14-18)24(30)27(23(20)29)19-11-8-17(9-12-19)25(31)33-2/h3-15H,1-2H3/t15-/m0/s1. The zero-order valence-corrected chi connectivity index (χ0v) is 18.3. The van der Waals surface area contributed by atoms with E-state index in [2.05, 4.69) is 4.74 Å². The van der Waals surface area contributed by atoms with Gasteiger partial charge in [-0.15, -0.1) is 0 Å². The molecule has 0 N–H and O–H groups in total. The van der Waals surface area contributed by atoms with Gasteiger partial charge in [-0.3, -0.25) is 14.4 Å². The number of esters is 2. The number of amides is 2. The van der Waals surface area contributed by atoms with Crippen LogP contribution in [0.1, 0.15) is 58.7 Å². The van der Waals surface area contributed by atoms with Crippen molar-refractivity contribution in [2.45, 2.75) is 13.0 Å². The van der Waals surface area contributed by atoms with Gasteiger partial charge in [-0.2, -0.15) is 0 Å². The number of fused-ring (bicyclic) bond motifs is 1. The summed E-state index contributed by atoms with van der Waals surface area (Å²) in [5.41, 5.74) is 1.16. The molecule has 170 valence electrons. The van der Waals surface area contributed by atoms with Crippen LogP contribution in [-0.2, 0) is 9.47 Å². The van der Waals surface area contributed by atoms with Crippen LogP contribution in [0.5, 0.6) is 0 Å². The van der Waals surface area contributed by atoms with Crippen LogP contribution in [0, 0.1) is 0 Å². The molecule has 3 aromatic carbocycles. The summed E-state index contributed by atoms with van der Waals surface area (Å²) in [6, 6.07) is 18.3. The lowest BCUT2D eigenvalue weighted by Crippen LogP contribution is -2.29. The van der Waals surface area contributed by atoms with Crippen molar-refractivity contribution in [1.82, 2.24) is 0 Å². The minimum absolute atomic E-state index is 0.0375. The first-order valence-electron chi connectivity index (χ1n) is 10.3. The first kappa shape index (κ1) is 22.6. The van der Waals surface area contributed by atoms with E-state index in [0.29, 0.717) is 5.56 Å². The van der Waals surface area contributed by atoms with Crippen molar-refractivity contribution in [3.8, 4) is 0 Å². The number of methoxy groups -OCH3 is 1. The molecule has 0 radical (unpaired) electrons. The van der Waals surface area contributed by atoms with Gasteiger partial charge in [-0.25, -0.2) is 14.5 Å². The summed E-state index contributed by atoms with van der Waals surface area (Å²) in [5.74, 6) is -2.87. The highest BCUT2D eigenvalue weighted by molar-refractivity contribution is 6.34. The lowest BCUT2D eigenvalue weighted by Gasteiger charge is -2.14. The van der Waals surface area contributed by atoms with Crippen molar-refractivity contribution in [3.05, 3.63) is 101 Å². The van der Waals surface area contributed by atoms with Gasteiger partial charge in [0.1, 0.15) is 0 Å². The van der Waals surface area contributed by atoms with Gasteiger partial charge in [0.05, 0.1) is 35.1 Å². The lowest BCUT2D eigenvalue weighted by atomic mass is 10.1. The Morgan fingerprint density at radius 3 is 2.00 bits per heavy atom. The maximum Gasteiger partial charge on any atom is 0.338 e. The number of benzene rings is 3. The molecule has 8 nitrogen and oxygen atoms in total. The van der Waals surface area contributed by atoms with Crippen molar-refractivity contribution >= 4 is 35.2 Å². The second kappa shape index (κ2) is 9.11. The molecule has 1 atom stereocenters. The Morgan fingerprint density at radius 1 is 0.735 bits per heavy atom. The van der Waals surface area contributed by atoms with Gasteiger partial charge >= 0.3 is 11.9 Å². The van der Waals surface area contributed by atoms with E-state index in [1.807, 2.05) is 0 Å². The van der Waals surface area contributed by atoms with Gasteiger partial charge in [-0.1, -0.05) is 30.3 Å². The van der Waals surface area contributed by atoms with Gasteiger partial charge in [-0.05, 0) is 49.4 Å². The minimum Gasteiger partial charge on any atom is -0.465 e. The fourth-order valence-electron chi connectivity index (χ4n) is 3.59. The highest BCUT2D eigenvalue weighted by Crippen LogP contribution is 2.29. The van der Waals surface area contributed by atoms with Crippen molar-refractivity contribution in [2.24, 2.45) is 0 Å². The average molecular weight is 457 g/mol. The molecule has 8 heteroatoms. The Balaban J connectivity index is 1.53. The highest BCUT2D eigenvalue weighted by Gasteiger charge is 2.37. The number of anilines is 1. The molecule has 0 spiro atoms. The largest absolute Gasteiger partial charge is 0.465 e. The number of Topliss-reactive ketones (excluding diaryl/α,β-unsaturated/α-hetero) is 1. The molecule has 1 aliphatic heterocycles. The van der Waals surface area contributed by atoms with Gasteiger partial charge in [0.25, 0.3) is 11.8 Å². The molecule has 1 aliphatic rings. The van der Waals surface area contributed by atoms with Gasteiger partial charge in [0.2, 0.25) is 5.78 Å². The van der Waals surface area contributed by atoms with Crippen LogP contribution in [0.3, 0.4) is 0 Å². The molecule has 34 heavy (non-hydrogen) atoms. The molecule has 0 bridgehead atoms. The third-order valence-electron chi connectivity index (χ3n) is 5.38. The second-order valence-electron chi connectivity index (χ2n) is 7.52. The third-order valence-corrected chi connectivity index (χ3v) is 5.38. The smallest absolute Gasteiger partial charge is 0.338 e. The monoisotopic (exact) mass is 457 g/mol. The normalized spacial score (nSPS) is 13.3. The molecule has 0 unspecified atom stereocenters. The van der Waals surface area contributed by atoms with Crippen molar-refractivity contribution < 1.29 is 33.4 Å².